The summed E-state index contributed by atoms with van der Waals surface area (Å²) < 4.78 is 0. The lowest BCUT2D eigenvalue weighted by atomic mass is 10.1. The molecule has 0 radical (unpaired) electrons. The summed E-state index contributed by atoms with van der Waals surface area (Å²) in [6, 6.07) is 6.53. The van der Waals surface area contributed by atoms with Gasteiger partial charge < -0.3 is 5.73 Å². The van der Waals surface area contributed by atoms with E-state index in [2.05, 4.69) is 37.4 Å². The first-order valence-corrected chi connectivity index (χ1v) is 6.80. The summed E-state index contributed by atoms with van der Waals surface area (Å²) in [7, 11) is 0. The Kier molecular flexibility index (Phi) is 3.24. The fourth-order valence-corrected chi connectivity index (χ4v) is 3.64. The smallest absolute Gasteiger partial charge is 0.0742 e. The molecule has 0 saturated heterocycles. The van der Waals surface area contributed by atoms with E-state index in [9.17, 15) is 0 Å². The largest absolute Gasteiger partial charge is 0.319 e. The van der Waals surface area contributed by atoms with Gasteiger partial charge in [-0.25, -0.2) is 0 Å². The molecule has 0 fully saturated rings. The maximum atomic E-state index is 6.27. The van der Waals surface area contributed by atoms with E-state index in [1.54, 1.807) is 22.7 Å². The van der Waals surface area contributed by atoms with Gasteiger partial charge in [0.2, 0.25) is 0 Å². The van der Waals surface area contributed by atoms with E-state index in [4.69, 9.17) is 5.73 Å². The first-order valence-electron chi connectivity index (χ1n) is 5.10. The molecule has 0 aliphatic heterocycles. The van der Waals surface area contributed by atoms with E-state index in [0.717, 1.165) is 6.42 Å². The highest BCUT2D eigenvalue weighted by molar-refractivity contribution is 7.13. The maximum absolute atomic E-state index is 6.27. The third kappa shape index (κ3) is 2.14. The van der Waals surface area contributed by atoms with Crippen LogP contribution in [-0.2, 0) is 6.42 Å². The molecular weight excluding hydrogens is 222 g/mol. The van der Waals surface area contributed by atoms with E-state index >= 15 is 0 Å². The highest BCUT2D eigenvalue weighted by Crippen LogP contribution is 2.31. The normalized spacial score (nSPS) is 13.0. The van der Waals surface area contributed by atoms with Crippen LogP contribution in [0.3, 0.4) is 0 Å². The minimum atomic E-state index is 0.0682. The molecule has 1 nitrogen and oxygen atoms in total. The molecule has 0 aromatic carbocycles. The topological polar surface area (TPSA) is 26.0 Å². The Hall–Kier alpha value is -0.640. The monoisotopic (exact) mass is 237 g/mol. The van der Waals surface area contributed by atoms with Gasteiger partial charge in [-0.15, -0.1) is 22.7 Å². The molecule has 3 heteroatoms. The van der Waals surface area contributed by atoms with Crippen molar-refractivity contribution in [2.24, 2.45) is 5.73 Å². The molecule has 80 valence electrons. The summed E-state index contributed by atoms with van der Waals surface area (Å²) in [6.07, 6.45) is 1.07. The third-order valence-corrected chi connectivity index (χ3v) is 4.64. The fraction of sp³-hybridized carbons (Fsp3) is 0.333. The highest BCUT2D eigenvalue weighted by atomic mass is 32.1. The minimum Gasteiger partial charge on any atom is -0.319 e. The molecule has 2 N–H and O–H groups in total. The number of thiophene rings is 2. The molecule has 2 aromatic rings. The van der Waals surface area contributed by atoms with Crippen LogP contribution >= 0.6 is 22.7 Å². The second kappa shape index (κ2) is 4.47. The third-order valence-electron chi connectivity index (χ3n) is 2.51. The van der Waals surface area contributed by atoms with Gasteiger partial charge in [-0.1, -0.05) is 6.92 Å². The average molecular weight is 237 g/mol. The Morgan fingerprint density at radius 3 is 2.73 bits per heavy atom. The molecule has 2 aromatic heterocycles. The first-order chi connectivity index (χ1) is 7.22. The lowest BCUT2D eigenvalue weighted by Crippen LogP contribution is -2.10. The van der Waals surface area contributed by atoms with E-state index in [1.807, 2.05) is 0 Å². The number of hydrogen-bond donors (Lipinski definition) is 1. The van der Waals surface area contributed by atoms with Crippen molar-refractivity contribution in [1.29, 1.82) is 0 Å². The Bertz CT molecular complexity index is 442. The molecule has 0 aliphatic rings. The lowest BCUT2D eigenvalue weighted by Gasteiger charge is -2.09. The fourth-order valence-electron chi connectivity index (χ4n) is 1.66. The minimum absolute atomic E-state index is 0.0682. The summed E-state index contributed by atoms with van der Waals surface area (Å²) >= 11 is 3.56. The number of rotatable bonds is 3. The van der Waals surface area contributed by atoms with Gasteiger partial charge in [0.05, 0.1) is 6.04 Å². The van der Waals surface area contributed by atoms with Gasteiger partial charge in [0.25, 0.3) is 0 Å². The van der Waals surface area contributed by atoms with Crippen molar-refractivity contribution in [2.45, 2.75) is 26.3 Å². The predicted octanol–water partition coefficient (Wildman–Crippen LogP) is 3.73. The predicted molar refractivity (Wildman–Crippen MR) is 68.8 cm³/mol. The van der Waals surface area contributed by atoms with Crippen molar-refractivity contribution in [1.82, 2.24) is 0 Å². The first kappa shape index (κ1) is 10.9. The molecule has 0 saturated carbocycles. The maximum Gasteiger partial charge on any atom is 0.0742 e. The molecule has 2 heterocycles. The van der Waals surface area contributed by atoms with E-state index < -0.39 is 0 Å². The van der Waals surface area contributed by atoms with Crippen molar-refractivity contribution >= 4 is 22.7 Å². The molecule has 0 amide bonds. The van der Waals surface area contributed by atoms with Crippen LogP contribution in [0.25, 0.3) is 0 Å². The quantitative estimate of drug-likeness (QED) is 0.865. The summed E-state index contributed by atoms with van der Waals surface area (Å²) in [4.78, 5) is 3.92. The molecule has 0 spiro atoms. The van der Waals surface area contributed by atoms with Crippen LogP contribution in [-0.4, -0.2) is 0 Å². The van der Waals surface area contributed by atoms with Crippen LogP contribution in [0.2, 0.25) is 0 Å². The van der Waals surface area contributed by atoms with Crippen LogP contribution in [0.4, 0.5) is 0 Å². The molecule has 0 bridgehead atoms. The zero-order valence-corrected chi connectivity index (χ0v) is 10.6. The number of hydrogen-bond acceptors (Lipinski definition) is 3. The average Bonchev–Trinajstić information content (AvgIpc) is 2.84. The van der Waals surface area contributed by atoms with Crippen molar-refractivity contribution in [2.75, 3.05) is 0 Å². The summed E-state index contributed by atoms with van der Waals surface area (Å²) in [6.45, 7) is 4.30. The molecule has 1 unspecified atom stereocenters. The van der Waals surface area contributed by atoms with Gasteiger partial charge in [-0.3, -0.25) is 0 Å². The highest BCUT2D eigenvalue weighted by Gasteiger charge is 2.15. The SMILES string of the molecule is CCc1ccsc1C(N)c1ccc(C)s1. The number of nitrogens with two attached hydrogens (primary N) is 1. The van der Waals surface area contributed by atoms with Crippen LogP contribution in [0, 0.1) is 6.92 Å². The Balaban J connectivity index is 2.31. The van der Waals surface area contributed by atoms with Crippen molar-refractivity contribution in [3.8, 4) is 0 Å². The van der Waals surface area contributed by atoms with Crippen LogP contribution in [0.15, 0.2) is 23.6 Å². The van der Waals surface area contributed by atoms with Gasteiger partial charge in [-0.2, -0.15) is 0 Å². The van der Waals surface area contributed by atoms with Gasteiger partial charge in [0.1, 0.15) is 0 Å². The van der Waals surface area contributed by atoms with Gasteiger partial charge >= 0.3 is 0 Å². The van der Waals surface area contributed by atoms with Crippen LogP contribution in [0.5, 0.6) is 0 Å². The van der Waals surface area contributed by atoms with Crippen LogP contribution < -0.4 is 5.73 Å². The Labute approximate surface area is 98.6 Å². The summed E-state index contributed by atoms with van der Waals surface area (Å²) in [5, 5.41) is 2.13. The molecule has 15 heavy (non-hydrogen) atoms. The number of aryl methyl sites for hydroxylation is 2. The van der Waals surface area contributed by atoms with E-state index in [-0.39, 0.29) is 6.04 Å². The molecule has 0 aliphatic carbocycles. The standard InChI is InChI=1S/C12H15NS2/c1-3-9-6-7-14-12(9)11(13)10-5-4-8(2)15-10/h4-7,11H,3,13H2,1-2H3. The Morgan fingerprint density at radius 2 is 2.13 bits per heavy atom. The van der Waals surface area contributed by atoms with Gasteiger partial charge in [0, 0.05) is 14.6 Å². The van der Waals surface area contributed by atoms with Crippen molar-refractivity contribution < 1.29 is 0 Å². The van der Waals surface area contributed by atoms with Gasteiger partial charge in [0.15, 0.2) is 0 Å². The van der Waals surface area contributed by atoms with Crippen molar-refractivity contribution in [3.63, 3.8) is 0 Å². The Morgan fingerprint density at radius 1 is 1.33 bits per heavy atom. The second-order valence-corrected chi connectivity index (χ2v) is 5.86. The van der Waals surface area contributed by atoms with Crippen molar-refractivity contribution in [3.05, 3.63) is 43.8 Å². The van der Waals surface area contributed by atoms with E-state index in [1.165, 1.54) is 20.2 Å². The van der Waals surface area contributed by atoms with Crippen LogP contribution in [0.1, 0.15) is 33.2 Å². The lowest BCUT2D eigenvalue weighted by molar-refractivity contribution is 0.895. The van der Waals surface area contributed by atoms with Gasteiger partial charge in [-0.05, 0) is 42.5 Å². The molecular formula is C12H15NS2. The second-order valence-electron chi connectivity index (χ2n) is 3.59. The molecule has 2 rings (SSSR count). The summed E-state index contributed by atoms with van der Waals surface area (Å²) in [5.41, 5.74) is 7.66. The zero-order valence-electron chi connectivity index (χ0n) is 8.99. The summed E-state index contributed by atoms with van der Waals surface area (Å²) in [5.74, 6) is 0. The zero-order chi connectivity index (χ0) is 10.8. The van der Waals surface area contributed by atoms with E-state index in [0.29, 0.717) is 0 Å². The molecule has 1 atom stereocenters.